The van der Waals surface area contributed by atoms with Gasteiger partial charge in [0.15, 0.2) is 6.61 Å². The summed E-state index contributed by atoms with van der Waals surface area (Å²) in [7, 11) is 0. The second-order valence-corrected chi connectivity index (χ2v) is 8.74. The van der Waals surface area contributed by atoms with Crippen molar-refractivity contribution in [2.24, 2.45) is 0 Å². The molecule has 0 radical (unpaired) electrons. The molecule has 0 fully saturated rings. The molecule has 1 aromatic heterocycles. The van der Waals surface area contributed by atoms with E-state index in [0.717, 1.165) is 40.7 Å². The van der Waals surface area contributed by atoms with Crippen LogP contribution < -0.4 is 5.32 Å². The van der Waals surface area contributed by atoms with E-state index in [0.29, 0.717) is 28.9 Å². The fourth-order valence-electron chi connectivity index (χ4n) is 3.96. The number of carbonyl (C=O) groups excluding carboxylic acids is 2. The average molecular weight is 452 g/mol. The van der Waals surface area contributed by atoms with Crippen LogP contribution in [-0.2, 0) is 22.5 Å². The summed E-state index contributed by atoms with van der Waals surface area (Å²) in [4.78, 5) is 32.7. The maximum Gasteiger partial charge on any atom is 0.339 e. The number of hydrogen-bond acceptors (Lipinski definition) is 5. The van der Waals surface area contributed by atoms with E-state index in [2.05, 4.69) is 24.1 Å². The maximum absolute atomic E-state index is 13.2. The normalized spacial score (nSPS) is 13.8. The summed E-state index contributed by atoms with van der Waals surface area (Å²) in [5.41, 5.74) is 4.55. The predicted molar refractivity (Wildman–Crippen MR) is 126 cm³/mol. The van der Waals surface area contributed by atoms with Crippen molar-refractivity contribution in [2.45, 2.75) is 39.8 Å². The van der Waals surface area contributed by atoms with Crippen LogP contribution in [0.25, 0.3) is 10.9 Å². The number of aromatic nitrogens is 1. The first-order valence-electron chi connectivity index (χ1n) is 10.7. The van der Waals surface area contributed by atoms with Gasteiger partial charge in [-0.25, -0.2) is 4.79 Å². The number of rotatable bonds is 5. The third-order valence-corrected chi connectivity index (χ3v) is 6.21. The van der Waals surface area contributed by atoms with Crippen molar-refractivity contribution in [3.05, 3.63) is 69.9 Å². The molecule has 4 rings (SSSR count). The molecule has 2 heterocycles. The van der Waals surface area contributed by atoms with E-state index in [1.54, 1.807) is 12.1 Å². The topological polar surface area (TPSA) is 71.5 Å². The number of para-hydroxylation sites is 1. The summed E-state index contributed by atoms with van der Waals surface area (Å²) < 4.78 is 5.46. The molecule has 166 valence electrons. The Kier molecular flexibility index (Phi) is 6.44. The Hall–Kier alpha value is -2.96. The van der Waals surface area contributed by atoms with Crippen molar-refractivity contribution in [3.8, 4) is 0 Å². The summed E-state index contributed by atoms with van der Waals surface area (Å²) in [5.74, 6) is -0.933. The maximum atomic E-state index is 13.2. The zero-order valence-corrected chi connectivity index (χ0v) is 19.2. The van der Waals surface area contributed by atoms with E-state index in [4.69, 9.17) is 21.3 Å². The first kappa shape index (κ1) is 22.2. The highest BCUT2D eigenvalue weighted by molar-refractivity contribution is 6.31. The molecule has 0 aliphatic carbocycles. The number of amides is 1. The van der Waals surface area contributed by atoms with E-state index in [9.17, 15) is 9.59 Å². The Morgan fingerprint density at radius 1 is 1.22 bits per heavy atom. The summed E-state index contributed by atoms with van der Waals surface area (Å²) in [6, 6.07) is 13.2. The van der Waals surface area contributed by atoms with Gasteiger partial charge in [0.2, 0.25) is 0 Å². The molecule has 0 spiro atoms. The van der Waals surface area contributed by atoms with Gasteiger partial charge in [-0.1, -0.05) is 35.9 Å². The van der Waals surface area contributed by atoms with Crippen LogP contribution in [0, 0.1) is 6.92 Å². The molecule has 0 saturated heterocycles. The van der Waals surface area contributed by atoms with Crippen LogP contribution in [0.2, 0.25) is 5.02 Å². The Labute approximate surface area is 192 Å². The molecule has 1 amide bonds. The van der Waals surface area contributed by atoms with Gasteiger partial charge in [-0.15, -0.1) is 0 Å². The number of benzene rings is 2. The van der Waals surface area contributed by atoms with Crippen molar-refractivity contribution >= 4 is 40.1 Å². The van der Waals surface area contributed by atoms with E-state index < -0.39 is 11.9 Å². The highest BCUT2D eigenvalue weighted by atomic mass is 35.5. The predicted octanol–water partition coefficient (Wildman–Crippen LogP) is 4.76. The van der Waals surface area contributed by atoms with Crippen LogP contribution in [0.15, 0.2) is 42.5 Å². The smallest absolute Gasteiger partial charge is 0.339 e. The number of halogens is 1. The number of hydrogen-bond donors (Lipinski definition) is 1. The number of esters is 1. The number of carbonyl (C=O) groups is 2. The second-order valence-electron chi connectivity index (χ2n) is 8.33. The molecule has 0 saturated carbocycles. The molecule has 1 aliphatic heterocycles. The monoisotopic (exact) mass is 451 g/mol. The van der Waals surface area contributed by atoms with Gasteiger partial charge in [0.05, 0.1) is 11.1 Å². The van der Waals surface area contributed by atoms with Gasteiger partial charge in [-0.05, 0) is 44.5 Å². The van der Waals surface area contributed by atoms with Gasteiger partial charge in [0, 0.05) is 52.9 Å². The Morgan fingerprint density at radius 3 is 2.75 bits per heavy atom. The molecule has 3 aromatic rings. The summed E-state index contributed by atoms with van der Waals surface area (Å²) in [5, 5.41) is 4.02. The number of nitrogens with zero attached hydrogens (tertiary/aromatic N) is 2. The SMILES string of the molecule is Cc1ccc(NC(=O)COC(=O)c2c3c(nc4ccccc24)CCN(C(C)C)C3)cc1Cl. The minimum Gasteiger partial charge on any atom is -0.452 e. The molecule has 7 heteroatoms. The number of ether oxygens (including phenoxy) is 1. The van der Waals surface area contributed by atoms with E-state index >= 15 is 0 Å². The number of nitrogens with one attached hydrogen (secondary N) is 1. The largest absolute Gasteiger partial charge is 0.452 e. The lowest BCUT2D eigenvalue weighted by Crippen LogP contribution is -2.37. The summed E-state index contributed by atoms with van der Waals surface area (Å²) in [6.45, 7) is 7.30. The minimum absolute atomic E-state index is 0.352. The Morgan fingerprint density at radius 2 is 2.00 bits per heavy atom. The van der Waals surface area contributed by atoms with Gasteiger partial charge in [0.25, 0.3) is 5.91 Å². The molecule has 0 atom stereocenters. The summed E-state index contributed by atoms with van der Waals surface area (Å²) in [6.07, 6.45) is 0.771. The van der Waals surface area contributed by atoms with Crippen LogP contribution >= 0.6 is 11.6 Å². The number of pyridine rings is 1. The van der Waals surface area contributed by atoms with Crippen molar-refractivity contribution < 1.29 is 14.3 Å². The molecule has 0 bridgehead atoms. The second kappa shape index (κ2) is 9.27. The van der Waals surface area contributed by atoms with Crippen molar-refractivity contribution in [3.63, 3.8) is 0 Å². The first-order chi connectivity index (χ1) is 15.3. The number of aryl methyl sites for hydroxylation is 1. The molecule has 6 nitrogen and oxygen atoms in total. The van der Waals surface area contributed by atoms with Gasteiger partial charge >= 0.3 is 5.97 Å². The third kappa shape index (κ3) is 4.61. The number of fused-ring (bicyclic) bond motifs is 2. The standard InChI is InChI=1S/C25H26ClN3O3/c1-15(2)29-11-10-22-19(13-29)24(18-6-4-5-7-21(18)28-22)25(31)32-14-23(30)27-17-9-8-16(3)20(26)12-17/h4-9,12,15H,10-11,13-14H2,1-3H3,(H,27,30). The van der Waals surface area contributed by atoms with Crippen molar-refractivity contribution in [2.75, 3.05) is 18.5 Å². The molecular weight excluding hydrogens is 426 g/mol. The third-order valence-electron chi connectivity index (χ3n) is 5.80. The Balaban J connectivity index is 1.57. The van der Waals surface area contributed by atoms with Crippen molar-refractivity contribution in [1.82, 2.24) is 9.88 Å². The van der Waals surface area contributed by atoms with Gasteiger partial charge < -0.3 is 10.1 Å². The minimum atomic E-state index is -0.512. The molecule has 0 unspecified atom stereocenters. The van der Waals surface area contributed by atoms with Crippen LogP contribution in [0.5, 0.6) is 0 Å². The quantitative estimate of drug-likeness (QED) is 0.566. The zero-order chi connectivity index (χ0) is 22.8. The first-order valence-corrected chi connectivity index (χ1v) is 11.1. The fourth-order valence-corrected chi connectivity index (χ4v) is 4.14. The molecular formula is C25H26ClN3O3. The van der Waals surface area contributed by atoms with Crippen LogP contribution in [0.4, 0.5) is 5.69 Å². The van der Waals surface area contributed by atoms with Gasteiger partial charge in [-0.3, -0.25) is 14.7 Å². The lowest BCUT2D eigenvalue weighted by Gasteiger charge is -2.32. The van der Waals surface area contributed by atoms with Crippen LogP contribution in [0.1, 0.15) is 41.0 Å². The van der Waals surface area contributed by atoms with Gasteiger partial charge in [0.1, 0.15) is 0 Å². The molecule has 1 N–H and O–H groups in total. The van der Waals surface area contributed by atoms with E-state index in [-0.39, 0.29) is 6.61 Å². The zero-order valence-electron chi connectivity index (χ0n) is 18.4. The number of anilines is 1. The van der Waals surface area contributed by atoms with E-state index in [1.807, 2.05) is 37.3 Å². The van der Waals surface area contributed by atoms with E-state index in [1.165, 1.54) is 0 Å². The lowest BCUT2D eigenvalue weighted by atomic mass is 9.95. The molecule has 1 aliphatic rings. The summed E-state index contributed by atoms with van der Waals surface area (Å²) >= 11 is 6.12. The van der Waals surface area contributed by atoms with Crippen molar-refractivity contribution in [1.29, 1.82) is 0 Å². The van der Waals surface area contributed by atoms with Crippen LogP contribution in [0.3, 0.4) is 0 Å². The highest BCUT2D eigenvalue weighted by Gasteiger charge is 2.27. The molecule has 2 aromatic carbocycles. The van der Waals surface area contributed by atoms with Gasteiger partial charge in [-0.2, -0.15) is 0 Å². The fraction of sp³-hybridized carbons (Fsp3) is 0.320. The average Bonchev–Trinajstić information content (AvgIpc) is 2.77. The highest BCUT2D eigenvalue weighted by Crippen LogP contribution is 2.29. The van der Waals surface area contributed by atoms with Crippen LogP contribution in [-0.4, -0.2) is 41.0 Å². The Bertz CT molecular complexity index is 1190. The molecule has 32 heavy (non-hydrogen) atoms. The lowest BCUT2D eigenvalue weighted by molar-refractivity contribution is -0.119.